The molecule has 0 spiro atoms. The molecule has 2 saturated heterocycles. The first-order valence-electron chi connectivity index (χ1n) is 10.5. The summed E-state index contributed by atoms with van der Waals surface area (Å²) in [4.78, 5) is 16.6. The Morgan fingerprint density at radius 2 is 1.93 bits per heavy atom. The molecule has 2 N–H and O–H groups in total. The van der Waals surface area contributed by atoms with Crippen molar-refractivity contribution in [2.75, 3.05) is 46.8 Å². The number of likely N-dealkylation sites (tertiary alicyclic amines) is 1. The van der Waals surface area contributed by atoms with Gasteiger partial charge >= 0.3 is 0 Å². The number of hydrogen-bond acceptors (Lipinski definition) is 4. The van der Waals surface area contributed by atoms with Crippen molar-refractivity contribution in [1.29, 1.82) is 0 Å². The van der Waals surface area contributed by atoms with Crippen LogP contribution >= 0.6 is 0 Å². The van der Waals surface area contributed by atoms with Crippen LogP contribution in [0, 0.1) is 5.92 Å². The van der Waals surface area contributed by atoms with Gasteiger partial charge in [0.2, 0.25) is 5.91 Å². The lowest BCUT2D eigenvalue weighted by atomic mass is 9.83. The van der Waals surface area contributed by atoms with Crippen molar-refractivity contribution in [3.05, 3.63) is 35.9 Å². The Morgan fingerprint density at radius 3 is 2.52 bits per heavy atom. The zero-order valence-corrected chi connectivity index (χ0v) is 16.8. The van der Waals surface area contributed by atoms with Crippen LogP contribution in [0.4, 0.5) is 0 Å². The van der Waals surface area contributed by atoms with E-state index in [0.29, 0.717) is 18.4 Å². The number of amides is 1. The van der Waals surface area contributed by atoms with E-state index < -0.39 is 0 Å². The van der Waals surface area contributed by atoms with Crippen LogP contribution in [-0.4, -0.2) is 74.1 Å². The number of benzene rings is 1. The molecule has 5 nitrogen and oxygen atoms in total. The van der Waals surface area contributed by atoms with Crippen molar-refractivity contribution in [3.8, 4) is 0 Å². The third-order valence-corrected chi connectivity index (χ3v) is 6.86. The van der Waals surface area contributed by atoms with E-state index in [9.17, 15) is 4.79 Å². The lowest BCUT2D eigenvalue weighted by molar-refractivity contribution is -0.133. The molecule has 27 heavy (non-hydrogen) atoms. The van der Waals surface area contributed by atoms with Crippen LogP contribution in [-0.2, 0) is 4.79 Å². The average Bonchev–Trinajstić information content (AvgIpc) is 3.44. The molecule has 0 radical (unpaired) electrons. The smallest absolute Gasteiger partial charge is 0.224 e. The zero-order chi connectivity index (χ0) is 18.9. The van der Waals surface area contributed by atoms with Crippen molar-refractivity contribution in [1.82, 2.24) is 20.4 Å². The predicted molar refractivity (Wildman–Crippen MR) is 109 cm³/mol. The molecule has 1 saturated carbocycles. The molecule has 0 aromatic heterocycles. The minimum absolute atomic E-state index is 0.0641. The van der Waals surface area contributed by atoms with Crippen LogP contribution < -0.4 is 10.6 Å². The summed E-state index contributed by atoms with van der Waals surface area (Å²) >= 11 is 0. The van der Waals surface area contributed by atoms with Gasteiger partial charge in [0.1, 0.15) is 0 Å². The first-order valence-corrected chi connectivity index (χ1v) is 10.5. The molecule has 0 bridgehead atoms. The third kappa shape index (κ3) is 4.20. The molecular formula is C22H34N4O. The Labute approximate surface area is 163 Å². The third-order valence-electron chi connectivity index (χ3n) is 6.86. The molecule has 1 aromatic carbocycles. The van der Waals surface area contributed by atoms with E-state index in [0.717, 1.165) is 38.6 Å². The Balaban J connectivity index is 1.21. The van der Waals surface area contributed by atoms with Gasteiger partial charge < -0.3 is 15.5 Å². The van der Waals surface area contributed by atoms with Crippen LogP contribution in [0.5, 0.6) is 0 Å². The maximum atomic E-state index is 12.3. The van der Waals surface area contributed by atoms with Crippen LogP contribution in [0.25, 0.3) is 0 Å². The molecule has 148 valence electrons. The highest BCUT2D eigenvalue weighted by molar-refractivity contribution is 5.77. The summed E-state index contributed by atoms with van der Waals surface area (Å²) in [6, 6.07) is 11.6. The average molecular weight is 371 g/mol. The van der Waals surface area contributed by atoms with Gasteiger partial charge in [0.15, 0.2) is 0 Å². The van der Waals surface area contributed by atoms with E-state index in [1.54, 1.807) is 4.90 Å². The first-order chi connectivity index (χ1) is 13.1. The SMILES string of the molecule is CN(C)C(=O)CC1(N2CCC(CN[C@@H]3C[C@H]3c3ccccc3)CC2)CNC1. The highest BCUT2D eigenvalue weighted by Crippen LogP contribution is 2.41. The maximum Gasteiger partial charge on any atom is 0.224 e. The van der Waals surface area contributed by atoms with Crippen molar-refractivity contribution < 1.29 is 4.79 Å². The highest BCUT2D eigenvalue weighted by Gasteiger charge is 2.45. The molecule has 2 aliphatic heterocycles. The second-order valence-electron chi connectivity index (χ2n) is 8.99. The Morgan fingerprint density at radius 1 is 1.22 bits per heavy atom. The van der Waals surface area contributed by atoms with Crippen molar-refractivity contribution in [2.45, 2.75) is 43.2 Å². The molecule has 3 aliphatic rings. The van der Waals surface area contributed by atoms with Gasteiger partial charge in [-0.25, -0.2) is 0 Å². The standard InChI is InChI=1S/C22H34N4O/c1-25(2)21(27)13-22(15-23-16-22)26-10-8-17(9-11-26)14-24-20-12-19(20)18-6-4-3-5-7-18/h3-7,17,19-20,23-24H,8-16H2,1-2H3/t19-,20+/m0/s1. The van der Waals surface area contributed by atoms with Crippen LogP contribution in [0.15, 0.2) is 30.3 Å². The minimum atomic E-state index is 0.0641. The summed E-state index contributed by atoms with van der Waals surface area (Å²) in [5, 5.41) is 7.21. The number of carbonyl (C=O) groups excluding carboxylic acids is 1. The number of rotatable bonds is 7. The molecule has 1 aromatic rings. The van der Waals surface area contributed by atoms with Gasteiger partial charge in [-0.15, -0.1) is 0 Å². The molecule has 2 heterocycles. The molecule has 1 aliphatic carbocycles. The monoisotopic (exact) mass is 370 g/mol. The number of nitrogens with one attached hydrogen (secondary N) is 2. The summed E-state index contributed by atoms with van der Waals surface area (Å²) in [7, 11) is 3.72. The van der Waals surface area contributed by atoms with Gasteiger partial charge in [0.25, 0.3) is 0 Å². The van der Waals surface area contributed by atoms with E-state index in [1.807, 2.05) is 14.1 Å². The normalized spacial score (nSPS) is 27.8. The summed E-state index contributed by atoms with van der Waals surface area (Å²) < 4.78 is 0. The van der Waals surface area contributed by atoms with E-state index in [1.165, 1.54) is 24.8 Å². The molecule has 4 rings (SSSR count). The van der Waals surface area contributed by atoms with Crippen LogP contribution in [0.1, 0.15) is 37.2 Å². The van der Waals surface area contributed by atoms with Crippen LogP contribution in [0.3, 0.4) is 0 Å². The maximum absolute atomic E-state index is 12.3. The first kappa shape index (κ1) is 18.9. The summed E-state index contributed by atoms with van der Waals surface area (Å²) in [6.45, 7) is 5.30. The number of nitrogens with zero attached hydrogens (tertiary/aromatic N) is 2. The minimum Gasteiger partial charge on any atom is -0.349 e. The zero-order valence-electron chi connectivity index (χ0n) is 16.8. The molecule has 2 atom stereocenters. The lowest BCUT2D eigenvalue weighted by Gasteiger charge is -2.53. The fourth-order valence-electron chi connectivity index (χ4n) is 4.73. The van der Waals surface area contributed by atoms with Crippen molar-refractivity contribution >= 4 is 5.91 Å². The number of hydrogen-bond donors (Lipinski definition) is 2. The van der Waals surface area contributed by atoms with Gasteiger partial charge in [0, 0.05) is 45.6 Å². The topological polar surface area (TPSA) is 47.6 Å². The second-order valence-corrected chi connectivity index (χ2v) is 8.99. The second kappa shape index (κ2) is 7.90. The summed E-state index contributed by atoms with van der Waals surface area (Å²) in [5.41, 5.74) is 1.55. The van der Waals surface area contributed by atoms with Gasteiger partial charge in [-0.1, -0.05) is 30.3 Å². The lowest BCUT2D eigenvalue weighted by Crippen LogP contribution is -2.71. The Bertz CT molecular complexity index is 635. The molecule has 5 heteroatoms. The van der Waals surface area contributed by atoms with E-state index in [4.69, 9.17) is 0 Å². The Hall–Kier alpha value is -1.43. The number of carbonyl (C=O) groups is 1. The van der Waals surface area contributed by atoms with Gasteiger partial charge in [-0.3, -0.25) is 9.69 Å². The molecule has 0 unspecified atom stereocenters. The molecule has 3 fully saturated rings. The van der Waals surface area contributed by atoms with E-state index in [-0.39, 0.29) is 11.4 Å². The fourth-order valence-corrected chi connectivity index (χ4v) is 4.73. The highest BCUT2D eigenvalue weighted by atomic mass is 16.2. The van der Waals surface area contributed by atoms with Gasteiger partial charge in [-0.2, -0.15) is 0 Å². The molecular weight excluding hydrogens is 336 g/mol. The predicted octanol–water partition coefficient (Wildman–Crippen LogP) is 1.66. The largest absolute Gasteiger partial charge is 0.349 e. The fraction of sp³-hybridized carbons (Fsp3) is 0.682. The van der Waals surface area contributed by atoms with E-state index in [2.05, 4.69) is 45.9 Å². The van der Waals surface area contributed by atoms with Gasteiger partial charge in [-0.05, 0) is 50.4 Å². The summed E-state index contributed by atoms with van der Waals surface area (Å²) in [6.07, 6.45) is 4.42. The van der Waals surface area contributed by atoms with Crippen LogP contribution in [0.2, 0.25) is 0 Å². The van der Waals surface area contributed by atoms with Crippen molar-refractivity contribution in [3.63, 3.8) is 0 Å². The number of piperidine rings is 1. The summed E-state index contributed by atoms with van der Waals surface area (Å²) in [5.74, 6) is 1.74. The van der Waals surface area contributed by atoms with E-state index >= 15 is 0 Å². The van der Waals surface area contributed by atoms with Crippen molar-refractivity contribution in [2.24, 2.45) is 5.92 Å². The molecule has 1 amide bonds. The Kier molecular flexibility index (Phi) is 5.53. The quantitative estimate of drug-likeness (QED) is 0.766. The van der Waals surface area contributed by atoms with Gasteiger partial charge in [0.05, 0.1) is 5.54 Å².